The van der Waals surface area contributed by atoms with Gasteiger partial charge in [-0.05, 0) is 49.6 Å². The zero-order valence-electron chi connectivity index (χ0n) is 16.9. The van der Waals surface area contributed by atoms with Gasteiger partial charge in [0.1, 0.15) is 11.6 Å². The Morgan fingerprint density at radius 1 is 1.10 bits per heavy atom. The van der Waals surface area contributed by atoms with Gasteiger partial charge < -0.3 is 0 Å². The van der Waals surface area contributed by atoms with E-state index in [4.69, 9.17) is 4.98 Å². The fraction of sp³-hybridized carbons (Fsp3) is 0.375. The van der Waals surface area contributed by atoms with Gasteiger partial charge in [-0.25, -0.2) is 14.4 Å². The molecule has 29 heavy (non-hydrogen) atoms. The van der Waals surface area contributed by atoms with Crippen molar-refractivity contribution in [2.24, 2.45) is 0 Å². The van der Waals surface area contributed by atoms with E-state index in [0.717, 1.165) is 66.9 Å². The first-order valence-corrected chi connectivity index (χ1v) is 10.5. The summed E-state index contributed by atoms with van der Waals surface area (Å²) in [5.41, 5.74) is 3.94. The molecule has 1 aliphatic heterocycles. The van der Waals surface area contributed by atoms with Crippen LogP contribution in [0, 0.1) is 5.82 Å². The lowest BCUT2D eigenvalue weighted by atomic mass is 9.93. The van der Waals surface area contributed by atoms with E-state index in [1.807, 2.05) is 30.5 Å². The molecule has 4 nitrogen and oxygen atoms in total. The molecule has 0 radical (unpaired) electrons. The lowest BCUT2D eigenvalue weighted by Gasteiger charge is -2.36. The van der Waals surface area contributed by atoms with Gasteiger partial charge in [-0.15, -0.1) is 0 Å². The molecular formula is C24H27FN4. The molecule has 1 aliphatic rings. The maximum atomic E-state index is 14.3. The van der Waals surface area contributed by atoms with Gasteiger partial charge in [-0.3, -0.25) is 9.88 Å². The van der Waals surface area contributed by atoms with Crippen molar-refractivity contribution in [1.82, 2.24) is 19.9 Å². The monoisotopic (exact) mass is 390 g/mol. The summed E-state index contributed by atoms with van der Waals surface area (Å²) in [7, 11) is 0. The van der Waals surface area contributed by atoms with Crippen LogP contribution in [0.2, 0.25) is 0 Å². The molecule has 4 rings (SSSR count). The topological polar surface area (TPSA) is 41.9 Å². The largest absolute Gasteiger partial charge is 0.290 e. The zero-order valence-corrected chi connectivity index (χ0v) is 16.9. The van der Waals surface area contributed by atoms with Gasteiger partial charge in [0.05, 0.1) is 11.7 Å². The number of benzene rings is 1. The van der Waals surface area contributed by atoms with Gasteiger partial charge >= 0.3 is 0 Å². The maximum absolute atomic E-state index is 14.3. The minimum absolute atomic E-state index is 0.138. The molecule has 1 aromatic carbocycles. The molecule has 0 bridgehead atoms. The van der Waals surface area contributed by atoms with Crippen molar-refractivity contribution >= 4 is 0 Å². The Morgan fingerprint density at radius 3 is 2.72 bits per heavy atom. The standard InChI is InChI=1S/C24H27FN4/c1-2-7-23-27-16-20(18-11-13-26-14-12-18)24(28-23)22-10-5-6-15-29(22)17-19-8-3-4-9-21(19)25/h3-4,8-9,11-14,16,22H,2,5-7,10,15,17H2,1H3. The highest BCUT2D eigenvalue weighted by molar-refractivity contribution is 5.65. The molecule has 2 aromatic heterocycles. The third-order valence-electron chi connectivity index (χ3n) is 5.59. The number of nitrogens with zero attached hydrogens (tertiary/aromatic N) is 4. The highest BCUT2D eigenvalue weighted by Gasteiger charge is 2.28. The Hall–Kier alpha value is -2.66. The normalized spacial score (nSPS) is 17.4. The number of piperidine rings is 1. The van der Waals surface area contributed by atoms with Crippen LogP contribution in [0.15, 0.2) is 55.0 Å². The number of hydrogen-bond donors (Lipinski definition) is 0. The predicted molar refractivity (Wildman–Crippen MR) is 113 cm³/mol. The molecule has 0 saturated carbocycles. The van der Waals surface area contributed by atoms with Crippen LogP contribution in [-0.4, -0.2) is 26.4 Å². The van der Waals surface area contributed by atoms with E-state index in [1.54, 1.807) is 24.5 Å². The van der Waals surface area contributed by atoms with Gasteiger partial charge in [0, 0.05) is 42.7 Å². The molecule has 1 atom stereocenters. The first kappa shape index (κ1) is 19.6. The number of aromatic nitrogens is 3. The minimum atomic E-state index is -0.138. The summed E-state index contributed by atoms with van der Waals surface area (Å²) in [6.45, 7) is 3.69. The van der Waals surface area contributed by atoms with Crippen LogP contribution < -0.4 is 0 Å². The SMILES string of the molecule is CCCc1ncc(-c2ccncc2)c(C2CCCCN2Cc2ccccc2F)n1. The van der Waals surface area contributed by atoms with Crippen LogP contribution >= 0.6 is 0 Å². The highest BCUT2D eigenvalue weighted by atomic mass is 19.1. The van der Waals surface area contributed by atoms with E-state index < -0.39 is 0 Å². The van der Waals surface area contributed by atoms with E-state index in [1.165, 1.54) is 0 Å². The summed E-state index contributed by atoms with van der Waals surface area (Å²) in [5.74, 6) is 0.747. The third kappa shape index (κ3) is 4.51. The summed E-state index contributed by atoms with van der Waals surface area (Å²) < 4.78 is 14.3. The summed E-state index contributed by atoms with van der Waals surface area (Å²) in [4.78, 5) is 16.2. The van der Waals surface area contributed by atoms with Gasteiger partial charge in [0.25, 0.3) is 0 Å². The molecule has 0 aliphatic carbocycles. The van der Waals surface area contributed by atoms with Crippen molar-refractivity contribution in [2.45, 2.75) is 51.6 Å². The summed E-state index contributed by atoms with van der Waals surface area (Å²) in [6, 6.07) is 11.2. The van der Waals surface area contributed by atoms with E-state index in [-0.39, 0.29) is 11.9 Å². The molecule has 1 unspecified atom stereocenters. The van der Waals surface area contributed by atoms with Gasteiger partial charge in [0.15, 0.2) is 0 Å². The Labute approximate surface area is 171 Å². The van der Waals surface area contributed by atoms with Gasteiger partial charge in [0.2, 0.25) is 0 Å². The van der Waals surface area contributed by atoms with Crippen LogP contribution in [0.25, 0.3) is 11.1 Å². The van der Waals surface area contributed by atoms with Crippen molar-refractivity contribution in [3.8, 4) is 11.1 Å². The number of pyridine rings is 1. The lowest BCUT2D eigenvalue weighted by Crippen LogP contribution is -2.34. The molecule has 0 amide bonds. The van der Waals surface area contributed by atoms with Crippen LogP contribution in [0.5, 0.6) is 0 Å². The van der Waals surface area contributed by atoms with Crippen molar-refractivity contribution in [2.75, 3.05) is 6.54 Å². The average Bonchev–Trinajstić information content (AvgIpc) is 2.77. The molecule has 0 spiro atoms. The minimum Gasteiger partial charge on any atom is -0.290 e. The van der Waals surface area contributed by atoms with E-state index in [2.05, 4.69) is 21.8 Å². The van der Waals surface area contributed by atoms with Gasteiger partial charge in [-0.2, -0.15) is 0 Å². The molecule has 150 valence electrons. The molecule has 3 heterocycles. The van der Waals surface area contributed by atoms with Crippen LogP contribution in [-0.2, 0) is 13.0 Å². The summed E-state index contributed by atoms with van der Waals surface area (Å²) in [6.07, 6.45) is 10.7. The van der Waals surface area contributed by atoms with E-state index >= 15 is 0 Å². The second-order valence-corrected chi connectivity index (χ2v) is 7.64. The number of hydrogen-bond acceptors (Lipinski definition) is 4. The maximum Gasteiger partial charge on any atom is 0.128 e. The van der Waals surface area contributed by atoms with Crippen molar-refractivity contribution in [1.29, 1.82) is 0 Å². The quantitative estimate of drug-likeness (QED) is 0.568. The second-order valence-electron chi connectivity index (χ2n) is 7.64. The lowest BCUT2D eigenvalue weighted by molar-refractivity contribution is 0.136. The highest BCUT2D eigenvalue weighted by Crippen LogP contribution is 2.36. The van der Waals surface area contributed by atoms with Crippen LogP contribution in [0.1, 0.15) is 55.7 Å². The Balaban J connectivity index is 1.73. The number of aryl methyl sites for hydroxylation is 1. The molecule has 5 heteroatoms. The first-order chi connectivity index (χ1) is 14.3. The molecule has 1 fully saturated rings. The van der Waals surface area contributed by atoms with Crippen LogP contribution in [0.4, 0.5) is 4.39 Å². The van der Waals surface area contributed by atoms with Crippen molar-refractivity contribution in [3.63, 3.8) is 0 Å². The predicted octanol–water partition coefficient (Wildman–Crippen LogP) is 5.36. The summed E-state index contributed by atoms with van der Waals surface area (Å²) in [5, 5.41) is 0. The smallest absolute Gasteiger partial charge is 0.128 e. The van der Waals surface area contributed by atoms with E-state index in [0.29, 0.717) is 6.54 Å². The molecular weight excluding hydrogens is 363 g/mol. The average molecular weight is 391 g/mol. The van der Waals surface area contributed by atoms with Crippen LogP contribution in [0.3, 0.4) is 0 Å². The second kappa shape index (κ2) is 9.23. The number of rotatable bonds is 6. The zero-order chi connectivity index (χ0) is 20.1. The van der Waals surface area contributed by atoms with Crippen molar-refractivity contribution in [3.05, 3.63) is 77.9 Å². The Bertz CT molecular complexity index is 945. The number of halogens is 1. The molecule has 0 N–H and O–H groups in total. The first-order valence-electron chi connectivity index (χ1n) is 10.5. The summed E-state index contributed by atoms with van der Waals surface area (Å²) >= 11 is 0. The third-order valence-corrected chi connectivity index (χ3v) is 5.59. The molecule has 3 aromatic rings. The fourth-order valence-electron chi connectivity index (χ4n) is 4.12. The Kier molecular flexibility index (Phi) is 6.25. The fourth-order valence-corrected chi connectivity index (χ4v) is 4.12. The Morgan fingerprint density at radius 2 is 1.93 bits per heavy atom. The molecule has 1 saturated heterocycles. The van der Waals surface area contributed by atoms with Gasteiger partial charge in [-0.1, -0.05) is 31.5 Å². The number of likely N-dealkylation sites (tertiary alicyclic amines) is 1. The van der Waals surface area contributed by atoms with E-state index in [9.17, 15) is 4.39 Å². The van der Waals surface area contributed by atoms with Crippen molar-refractivity contribution < 1.29 is 4.39 Å².